The molecule has 4 rings (SSSR count). The molecule has 1 aliphatic heterocycles. The van der Waals surface area contributed by atoms with Gasteiger partial charge in [-0.25, -0.2) is 15.0 Å². The number of fused-ring (bicyclic) bond motifs is 1. The third kappa shape index (κ3) is 4.28. The second-order valence-electron chi connectivity index (χ2n) is 7.29. The number of aliphatic hydroxyl groups is 2. The summed E-state index contributed by atoms with van der Waals surface area (Å²) in [6.07, 6.45) is 1.40. The summed E-state index contributed by atoms with van der Waals surface area (Å²) in [5, 5.41) is 22.9. The van der Waals surface area contributed by atoms with Crippen LogP contribution in [-0.2, 0) is 9.47 Å². The van der Waals surface area contributed by atoms with E-state index in [1.54, 1.807) is 28.8 Å². The highest BCUT2D eigenvalue weighted by atomic mass is 16.6. The standard InChI is InChI=1S/C21H25N5O5/c1-2-3-9-30-17-16(28)14(10-27)31-21(17)26-12-24-15-18(22-11-23-19(15)26)25-20(29)13-7-5-4-6-8-13/h4-8,11-12,14,16-17,21,27-28H,2-3,9-10H2,1H3,(H,22,23,25,29)/t14-,16-,17-,21-/m1/s1. The molecule has 1 fully saturated rings. The Labute approximate surface area is 178 Å². The lowest BCUT2D eigenvalue weighted by molar-refractivity contribution is -0.0709. The molecule has 0 unspecified atom stereocenters. The highest BCUT2D eigenvalue weighted by Gasteiger charge is 2.45. The highest BCUT2D eigenvalue weighted by molar-refractivity contribution is 6.06. The van der Waals surface area contributed by atoms with E-state index in [0.717, 1.165) is 12.8 Å². The van der Waals surface area contributed by atoms with E-state index < -0.39 is 24.5 Å². The number of nitrogens with zero attached hydrogens (tertiary/aromatic N) is 4. The fraction of sp³-hybridized carbons (Fsp3) is 0.429. The van der Waals surface area contributed by atoms with Gasteiger partial charge in [0, 0.05) is 12.2 Å². The number of rotatable bonds is 8. The lowest BCUT2D eigenvalue weighted by Crippen LogP contribution is -2.35. The lowest BCUT2D eigenvalue weighted by Gasteiger charge is -2.22. The van der Waals surface area contributed by atoms with Crippen LogP contribution >= 0.6 is 0 Å². The predicted octanol–water partition coefficient (Wildman–Crippen LogP) is 1.51. The number of unbranched alkanes of at least 4 members (excludes halogenated alkanes) is 1. The third-order valence-electron chi connectivity index (χ3n) is 5.20. The molecule has 3 N–H and O–H groups in total. The van der Waals surface area contributed by atoms with E-state index in [0.29, 0.717) is 23.3 Å². The van der Waals surface area contributed by atoms with E-state index in [-0.39, 0.29) is 18.3 Å². The first-order valence-corrected chi connectivity index (χ1v) is 10.2. The molecular formula is C21H25N5O5. The molecule has 0 radical (unpaired) electrons. The van der Waals surface area contributed by atoms with E-state index in [2.05, 4.69) is 20.3 Å². The number of nitrogens with one attached hydrogen (secondary N) is 1. The van der Waals surface area contributed by atoms with Crippen LogP contribution in [-0.4, -0.2) is 67.2 Å². The van der Waals surface area contributed by atoms with E-state index in [4.69, 9.17) is 9.47 Å². The third-order valence-corrected chi connectivity index (χ3v) is 5.20. The first-order valence-electron chi connectivity index (χ1n) is 10.2. The van der Waals surface area contributed by atoms with Crippen molar-refractivity contribution in [3.05, 3.63) is 48.5 Å². The van der Waals surface area contributed by atoms with Crippen molar-refractivity contribution >= 4 is 22.9 Å². The molecule has 164 valence electrons. The number of aliphatic hydroxyl groups excluding tert-OH is 2. The minimum Gasteiger partial charge on any atom is -0.394 e. The number of amides is 1. The van der Waals surface area contributed by atoms with E-state index in [9.17, 15) is 15.0 Å². The summed E-state index contributed by atoms with van der Waals surface area (Å²) in [6.45, 7) is 2.16. The molecule has 1 aromatic carbocycles. The van der Waals surface area contributed by atoms with Crippen LogP contribution in [0, 0.1) is 0 Å². The molecule has 0 saturated carbocycles. The van der Waals surface area contributed by atoms with Crippen LogP contribution < -0.4 is 5.32 Å². The molecule has 3 aromatic rings. The highest BCUT2D eigenvalue weighted by Crippen LogP contribution is 2.34. The molecule has 4 atom stereocenters. The smallest absolute Gasteiger partial charge is 0.256 e. The molecule has 0 spiro atoms. The van der Waals surface area contributed by atoms with Gasteiger partial charge in [-0.05, 0) is 18.6 Å². The number of hydrogen-bond donors (Lipinski definition) is 3. The first-order chi connectivity index (χ1) is 15.1. The Hall–Kier alpha value is -2.92. The maximum Gasteiger partial charge on any atom is 0.256 e. The van der Waals surface area contributed by atoms with Crippen molar-refractivity contribution in [1.82, 2.24) is 19.5 Å². The Morgan fingerprint density at radius 2 is 2.06 bits per heavy atom. The van der Waals surface area contributed by atoms with Crippen LogP contribution in [0.2, 0.25) is 0 Å². The zero-order valence-corrected chi connectivity index (χ0v) is 17.1. The van der Waals surface area contributed by atoms with Crippen molar-refractivity contribution in [2.24, 2.45) is 0 Å². The van der Waals surface area contributed by atoms with E-state index >= 15 is 0 Å². The quantitative estimate of drug-likeness (QED) is 0.461. The molecule has 1 saturated heterocycles. The number of imidazole rings is 1. The van der Waals surface area contributed by atoms with Gasteiger partial charge < -0.3 is 25.0 Å². The van der Waals surface area contributed by atoms with Gasteiger partial charge in [-0.15, -0.1) is 0 Å². The van der Waals surface area contributed by atoms with Crippen molar-refractivity contribution in [3.8, 4) is 0 Å². The Balaban J connectivity index is 1.62. The van der Waals surface area contributed by atoms with Gasteiger partial charge in [-0.3, -0.25) is 9.36 Å². The topological polar surface area (TPSA) is 132 Å². The van der Waals surface area contributed by atoms with Crippen LogP contribution in [0.3, 0.4) is 0 Å². The van der Waals surface area contributed by atoms with Crippen LogP contribution in [0.4, 0.5) is 5.82 Å². The van der Waals surface area contributed by atoms with Gasteiger partial charge in [-0.1, -0.05) is 31.5 Å². The van der Waals surface area contributed by atoms with Crippen LogP contribution in [0.1, 0.15) is 36.4 Å². The number of anilines is 1. The Bertz CT molecular complexity index is 1030. The van der Waals surface area contributed by atoms with Crippen molar-refractivity contribution in [2.45, 2.75) is 44.3 Å². The second kappa shape index (κ2) is 9.48. The maximum atomic E-state index is 12.5. The monoisotopic (exact) mass is 427 g/mol. The minimum atomic E-state index is -0.997. The average molecular weight is 427 g/mol. The molecule has 0 aliphatic carbocycles. The normalized spacial score (nSPS) is 23.3. The van der Waals surface area contributed by atoms with Gasteiger partial charge >= 0.3 is 0 Å². The summed E-state index contributed by atoms with van der Waals surface area (Å²) in [5.74, 6) is -0.0536. The number of hydrogen-bond acceptors (Lipinski definition) is 8. The Morgan fingerprint density at radius 1 is 1.26 bits per heavy atom. The Kier molecular flexibility index (Phi) is 6.52. The van der Waals surface area contributed by atoms with Crippen molar-refractivity contribution in [1.29, 1.82) is 0 Å². The van der Waals surface area contributed by atoms with E-state index in [1.165, 1.54) is 12.7 Å². The van der Waals surface area contributed by atoms with Crippen LogP contribution in [0.25, 0.3) is 11.2 Å². The van der Waals surface area contributed by atoms with Crippen molar-refractivity contribution in [2.75, 3.05) is 18.5 Å². The summed E-state index contributed by atoms with van der Waals surface area (Å²) in [5.41, 5.74) is 1.29. The van der Waals surface area contributed by atoms with Crippen LogP contribution in [0.5, 0.6) is 0 Å². The number of carbonyl (C=O) groups is 1. The molecular weight excluding hydrogens is 402 g/mol. The summed E-state index contributed by atoms with van der Waals surface area (Å²) >= 11 is 0. The average Bonchev–Trinajstić information content (AvgIpc) is 3.36. The maximum absolute atomic E-state index is 12.5. The number of ether oxygens (including phenoxy) is 2. The zero-order chi connectivity index (χ0) is 21.8. The molecule has 1 amide bonds. The fourth-order valence-electron chi connectivity index (χ4n) is 3.54. The minimum absolute atomic E-state index is 0.262. The van der Waals surface area contributed by atoms with E-state index in [1.807, 2.05) is 13.0 Å². The van der Waals surface area contributed by atoms with Gasteiger partial charge in [0.25, 0.3) is 5.91 Å². The summed E-state index contributed by atoms with van der Waals surface area (Å²) < 4.78 is 13.4. The SMILES string of the molecule is CCCCO[C@@H]1[C@H](O)[C@@H](CO)O[C@H]1n1cnc2c(NC(=O)c3ccccc3)ncnc21. The lowest BCUT2D eigenvalue weighted by atomic mass is 10.1. The summed E-state index contributed by atoms with van der Waals surface area (Å²) in [4.78, 5) is 25.3. The summed E-state index contributed by atoms with van der Waals surface area (Å²) in [7, 11) is 0. The molecule has 3 heterocycles. The van der Waals surface area contributed by atoms with Gasteiger partial charge in [0.05, 0.1) is 12.9 Å². The molecule has 10 heteroatoms. The van der Waals surface area contributed by atoms with Gasteiger partial charge in [0.15, 0.2) is 23.2 Å². The van der Waals surface area contributed by atoms with Gasteiger partial charge in [0.2, 0.25) is 0 Å². The number of benzene rings is 1. The largest absolute Gasteiger partial charge is 0.394 e. The molecule has 31 heavy (non-hydrogen) atoms. The van der Waals surface area contributed by atoms with Gasteiger partial charge in [-0.2, -0.15) is 0 Å². The fourth-order valence-corrected chi connectivity index (χ4v) is 3.54. The number of aromatic nitrogens is 4. The molecule has 10 nitrogen and oxygen atoms in total. The first kappa shape index (κ1) is 21.3. The molecule has 0 bridgehead atoms. The van der Waals surface area contributed by atoms with Crippen LogP contribution in [0.15, 0.2) is 43.0 Å². The second-order valence-corrected chi connectivity index (χ2v) is 7.29. The Morgan fingerprint density at radius 3 is 2.81 bits per heavy atom. The van der Waals surface area contributed by atoms with Gasteiger partial charge in [0.1, 0.15) is 24.6 Å². The summed E-state index contributed by atoms with van der Waals surface area (Å²) in [6, 6.07) is 8.78. The van der Waals surface area contributed by atoms with Crippen molar-refractivity contribution < 1.29 is 24.5 Å². The zero-order valence-electron chi connectivity index (χ0n) is 17.1. The molecule has 1 aliphatic rings. The van der Waals surface area contributed by atoms with Crippen molar-refractivity contribution in [3.63, 3.8) is 0 Å². The molecule has 2 aromatic heterocycles. The number of carbonyl (C=O) groups excluding carboxylic acids is 1. The predicted molar refractivity (Wildman–Crippen MR) is 111 cm³/mol.